The summed E-state index contributed by atoms with van der Waals surface area (Å²) in [5, 5.41) is 13.4. The van der Waals surface area contributed by atoms with Crippen LogP contribution in [0.4, 0.5) is 22.7 Å². The summed E-state index contributed by atoms with van der Waals surface area (Å²) in [7, 11) is 0. The topological polar surface area (TPSA) is 245 Å². The van der Waals surface area contributed by atoms with Gasteiger partial charge in [0, 0.05) is 138 Å². The maximum absolute atomic E-state index is 15.1. The van der Waals surface area contributed by atoms with E-state index in [1.165, 1.54) is 0 Å². The highest BCUT2D eigenvalue weighted by molar-refractivity contribution is 6.13. The number of aromatic amines is 2. The molecular formula is C104H74N16O4. The zero-order valence-corrected chi connectivity index (χ0v) is 66.6. The highest BCUT2D eigenvalue weighted by atomic mass is 16.2. The fraction of sp³-hybridized carbons (Fsp3) is 0.0385. The minimum absolute atomic E-state index is 0.328. The van der Waals surface area contributed by atoms with Crippen molar-refractivity contribution in [3.63, 3.8) is 0 Å². The van der Waals surface area contributed by atoms with Crippen LogP contribution in [0, 0.1) is 0 Å². The molecule has 9 heterocycles. The minimum Gasteiger partial charge on any atom is -0.354 e. The lowest BCUT2D eigenvalue weighted by atomic mass is 10.0. The van der Waals surface area contributed by atoms with Gasteiger partial charge in [0.2, 0.25) is 0 Å². The molecule has 124 heavy (non-hydrogen) atoms. The summed E-state index contributed by atoms with van der Waals surface area (Å²) in [6.07, 6.45) is 15.2. The summed E-state index contributed by atoms with van der Waals surface area (Å²) in [5.41, 5.74) is 24.6. The Morgan fingerprint density at radius 3 is 0.726 bits per heavy atom. The van der Waals surface area contributed by atoms with Gasteiger partial charge in [-0.05, 0) is 192 Å². The molecular weight excluding hydrogens is 1540 g/mol. The molecule has 0 spiro atoms. The molecule has 20 nitrogen and oxygen atoms in total. The number of para-hydroxylation sites is 12. The van der Waals surface area contributed by atoms with E-state index in [4.69, 9.17) is 9.97 Å². The Bertz CT molecular complexity index is 6880. The summed E-state index contributed by atoms with van der Waals surface area (Å²) < 4.78 is 8.29. The van der Waals surface area contributed by atoms with Crippen molar-refractivity contribution in [2.45, 2.75) is 26.2 Å². The molecule has 0 saturated carbocycles. The number of imidazole rings is 4. The van der Waals surface area contributed by atoms with Crippen LogP contribution in [0.5, 0.6) is 0 Å². The average Bonchev–Trinajstić information content (AvgIpc) is 1.59. The van der Waals surface area contributed by atoms with Gasteiger partial charge in [-0.2, -0.15) is 0 Å². The van der Waals surface area contributed by atoms with Crippen LogP contribution >= 0.6 is 0 Å². The van der Waals surface area contributed by atoms with Crippen LogP contribution in [-0.4, -0.2) is 81.8 Å². The molecule has 0 radical (unpaired) electrons. The summed E-state index contributed by atoms with van der Waals surface area (Å²) in [4.78, 5) is 98.3. The van der Waals surface area contributed by atoms with Crippen molar-refractivity contribution in [1.29, 1.82) is 0 Å². The van der Waals surface area contributed by atoms with E-state index in [0.717, 1.165) is 66.4 Å². The predicted molar refractivity (Wildman–Crippen MR) is 494 cm³/mol. The normalized spacial score (nSPS) is 11.7. The molecule has 20 heteroatoms. The largest absolute Gasteiger partial charge is 0.354 e. The van der Waals surface area contributed by atoms with Crippen molar-refractivity contribution < 1.29 is 19.2 Å². The second-order valence-corrected chi connectivity index (χ2v) is 30.7. The highest BCUT2D eigenvalue weighted by Gasteiger charge is 2.26. The predicted octanol–water partition coefficient (Wildman–Crippen LogP) is 21.9. The first-order valence-electron chi connectivity index (χ1n) is 40.8. The van der Waals surface area contributed by atoms with Crippen molar-refractivity contribution >= 4 is 137 Å². The fourth-order valence-electron chi connectivity index (χ4n) is 16.9. The molecule has 594 valence electrons. The Balaban J connectivity index is 0.742. The lowest BCUT2D eigenvalue weighted by Crippen LogP contribution is -2.13. The van der Waals surface area contributed by atoms with E-state index in [2.05, 4.69) is 69.4 Å². The quantitative estimate of drug-likeness (QED) is 0.0421. The summed E-state index contributed by atoms with van der Waals surface area (Å²) in [6, 6.07) is 101. The number of carbonyl (C=O) groups is 4. The lowest BCUT2D eigenvalue weighted by Gasteiger charge is -2.15. The minimum atomic E-state index is -0.328. The fourth-order valence-corrected chi connectivity index (χ4v) is 16.9. The van der Waals surface area contributed by atoms with Gasteiger partial charge < -0.3 is 49.5 Å². The lowest BCUT2D eigenvalue weighted by molar-refractivity contribution is 0.101. The number of hydrogen-bond acceptors (Lipinski definition) is 10. The second-order valence-electron chi connectivity index (χ2n) is 30.7. The van der Waals surface area contributed by atoms with Crippen molar-refractivity contribution in [3.8, 4) is 44.5 Å². The number of benzene rings is 12. The maximum Gasteiger partial charge on any atom is 0.255 e. The number of nitrogens with one attached hydrogen (secondary N) is 6. The summed E-state index contributed by atoms with van der Waals surface area (Å²) in [5.74, 6) is -1.31. The number of hydrogen-bond donors (Lipinski definition) is 6. The number of anilines is 4. The van der Waals surface area contributed by atoms with Crippen molar-refractivity contribution in [3.05, 3.63) is 408 Å². The molecule has 7 aromatic heterocycles. The van der Waals surface area contributed by atoms with Gasteiger partial charge in [0.25, 0.3) is 23.6 Å². The molecule has 6 N–H and O–H groups in total. The van der Waals surface area contributed by atoms with Crippen molar-refractivity contribution in [2.75, 3.05) is 21.3 Å². The number of fused-ring (bicyclic) bond motifs is 12. The summed E-state index contributed by atoms with van der Waals surface area (Å²) >= 11 is 0. The first kappa shape index (κ1) is 74.5. The number of H-pyrrole nitrogens is 2. The van der Waals surface area contributed by atoms with Crippen LogP contribution in [0.2, 0.25) is 0 Å². The van der Waals surface area contributed by atoms with Crippen molar-refractivity contribution in [2.24, 2.45) is 0 Å². The molecule has 2 aliphatic heterocycles. The Morgan fingerprint density at radius 1 is 0.250 bits per heavy atom. The molecule has 0 unspecified atom stereocenters. The smallest absolute Gasteiger partial charge is 0.255 e. The van der Waals surface area contributed by atoms with Gasteiger partial charge in [-0.1, -0.05) is 170 Å². The van der Waals surface area contributed by atoms with Gasteiger partial charge in [-0.15, -0.1) is 0 Å². The molecule has 8 bridgehead atoms. The van der Waals surface area contributed by atoms with Crippen LogP contribution in [-0.2, 0) is 26.2 Å². The van der Waals surface area contributed by atoms with Crippen LogP contribution in [0.3, 0.4) is 0 Å². The zero-order chi connectivity index (χ0) is 83.1. The first-order valence-corrected chi connectivity index (χ1v) is 40.8. The van der Waals surface area contributed by atoms with E-state index < -0.39 is 0 Å². The number of aromatic nitrogens is 12. The van der Waals surface area contributed by atoms with Gasteiger partial charge in [0.05, 0.1) is 92.2 Å². The van der Waals surface area contributed by atoms with Gasteiger partial charge >= 0.3 is 0 Å². The van der Waals surface area contributed by atoms with Gasteiger partial charge in [0.15, 0.2) is 0 Å². The number of nitrogens with zero attached hydrogens (tertiary/aromatic N) is 10. The molecule has 19 aromatic rings. The standard InChI is InChI=1S/C104H74N16O4/c121-101(69-25-17-21-65(53-69)57-117-61-105-81-37-9-13-41-93(81)117)113-77-33-5-1-29-73(77)97-85-45-47-87(109-85)98(74-30-2-6-34-78(74)114-102(122)70-26-18-22-66(54-70)58-118-62-106-82-38-10-14-42-94(82)118)89-49-51-91(111-89)100(76-32-4-8-36-80(76)116-104(124)72-28-20-24-68(56-72)60-120-64-108-84-40-12-16-44-96(84)120)92-52-50-90(112-92)99(88-48-46-86(97)110-88)75-31-3-7-35-79(75)115-103(123)71-27-19-23-67(55-71)59-119-63-107-83-39-11-15-43-95(83)119/h1-56,61-64,109,112H,57-60H2,(H,113,121)(H,114,122)(H,115,123)(H,116,124). The molecule has 2 aliphatic rings. The molecule has 0 aliphatic carbocycles. The molecule has 0 fully saturated rings. The molecule has 4 amide bonds. The third-order valence-electron chi connectivity index (χ3n) is 22.8. The Hall–Kier alpha value is -17.0. The summed E-state index contributed by atoms with van der Waals surface area (Å²) in [6.45, 7) is 1.96. The first-order chi connectivity index (χ1) is 61.0. The number of carbonyl (C=O) groups excluding carboxylic acids is 4. The van der Waals surface area contributed by atoms with Crippen LogP contribution in [0.25, 0.3) is 135 Å². The monoisotopic (exact) mass is 1610 g/mol. The van der Waals surface area contributed by atoms with Crippen LogP contribution in [0.1, 0.15) is 86.5 Å². The number of rotatable bonds is 20. The van der Waals surface area contributed by atoms with Crippen LogP contribution < -0.4 is 21.3 Å². The van der Waals surface area contributed by atoms with E-state index in [-0.39, 0.29) is 23.6 Å². The third kappa shape index (κ3) is 14.6. The number of amides is 4. The van der Waals surface area contributed by atoms with E-state index in [0.29, 0.717) is 161 Å². The van der Waals surface area contributed by atoms with E-state index in [9.17, 15) is 0 Å². The van der Waals surface area contributed by atoms with E-state index >= 15 is 19.2 Å². The Kier molecular flexibility index (Phi) is 19.3. The van der Waals surface area contributed by atoms with Gasteiger partial charge in [0.1, 0.15) is 0 Å². The van der Waals surface area contributed by atoms with E-state index in [1.807, 2.05) is 365 Å². The molecule has 0 saturated heterocycles. The highest BCUT2D eigenvalue weighted by Crippen LogP contribution is 2.44. The molecule has 21 rings (SSSR count). The van der Waals surface area contributed by atoms with Gasteiger partial charge in [-0.3, -0.25) is 19.2 Å². The third-order valence-corrected chi connectivity index (χ3v) is 22.8. The van der Waals surface area contributed by atoms with E-state index in [1.54, 1.807) is 0 Å². The van der Waals surface area contributed by atoms with Gasteiger partial charge in [-0.25, -0.2) is 29.9 Å². The zero-order valence-electron chi connectivity index (χ0n) is 66.6. The second kappa shape index (κ2) is 32.0. The Labute approximate surface area is 710 Å². The SMILES string of the molecule is O=C(Nc1ccccc1-c1c2nc(c(-c3ccccc3NC(=O)c3cccc(Cn4cnc5ccccc54)c3)c3ccc([nH]3)c(-c3ccccc3NC(=O)c3cccc(Cn4cnc5ccccc54)c3)c3nc(c(-c4ccccc4NC(=O)c4cccc(Cn5cnc6ccccc65)c4)c4ccc1[nH]4)C=C3)C=C2)c1cccc(Cn2cnc3ccccc32)c1. The molecule has 0 atom stereocenters. The average molecular weight is 1610 g/mol. The molecule has 12 aromatic carbocycles. The van der Waals surface area contributed by atoms with Crippen LogP contribution in [0.15, 0.2) is 341 Å². The maximum atomic E-state index is 15.1. The van der Waals surface area contributed by atoms with Crippen molar-refractivity contribution in [1.82, 2.24) is 58.1 Å². The Morgan fingerprint density at radius 2 is 0.476 bits per heavy atom.